The van der Waals surface area contributed by atoms with E-state index >= 15 is 0 Å². The minimum absolute atomic E-state index is 0.0702. The maximum Gasteiger partial charge on any atom is 0.314 e. The minimum Gasteiger partial charge on any atom is -0.460 e. The van der Waals surface area contributed by atoms with Crippen molar-refractivity contribution in [3.63, 3.8) is 0 Å². The standard InChI is InChI=1S/C10H13NO4/c1-10(2,3)15-9(13)4-7(12)8-5-11-6-14-8/h5-6H,4H2,1-3H3. The third-order valence-corrected chi connectivity index (χ3v) is 1.43. The van der Waals surface area contributed by atoms with Crippen LogP contribution >= 0.6 is 0 Å². The summed E-state index contributed by atoms with van der Waals surface area (Å²) < 4.78 is 9.74. The van der Waals surface area contributed by atoms with Crippen LogP contribution in [0, 0.1) is 0 Å². The zero-order chi connectivity index (χ0) is 11.5. The van der Waals surface area contributed by atoms with Gasteiger partial charge in [0.2, 0.25) is 5.78 Å². The smallest absolute Gasteiger partial charge is 0.314 e. The van der Waals surface area contributed by atoms with Crippen LogP contribution in [-0.4, -0.2) is 22.3 Å². The number of Topliss-reactive ketones (excluding diaryl/α,β-unsaturated/α-hetero) is 1. The van der Waals surface area contributed by atoms with Gasteiger partial charge in [-0.2, -0.15) is 0 Å². The Labute approximate surface area is 87.4 Å². The molecule has 0 aliphatic heterocycles. The fourth-order valence-corrected chi connectivity index (χ4v) is 0.949. The van der Waals surface area contributed by atoms with Crippen molar-refractivity contribution in [3.8, 4) is 0 Å². The summed E-state index contributed by atoms with van der Waals surface area (Å²) in [6.07, 6.45) is 2.08. The molecule has 0 bridgehead atoms. The molecule has 0 atom stereocenters. The van der Waals surface area contributed by atoms with Gasteiger partial charge in [-0.1, -0.05) is 0 Å². The van der Waals surface area contributed by atoms with Crippen molar-refractivity contribution >= 4 is 11.8 Å². The van der Waals surface area contributed by atoms with Gasteiger partial charge in [-0.15, -0.1) is 0 Å². The molecule has 0 amide bonds. The summed E-state index contributed by atoms with van der Waals surface area (Å²) in [6, 6.07) is 0. The summed E-state index contributed by atoms with van der Waals surface area (Å²) >= 11 is 0. The number of nitrogens with zero attached hydrogens (tertiary/aromatic N) is 1. The second-order valence-corrected chi connectivity index (χ2v) is 4.05. The van der Waals surface area contributed by atoms with E-state index in [1.54, 1.807) is 20.8 Å². The largest absolute Gasteiger partial charge is 0.460 e. The average Bonchev–Trinajstić information content (AvgIpc) is 2.50. The Balaban J connectivity index is 2.50. The molecule has 0 radical (unpaired) electrons. The third kappa shape index (κ3) is 3.93. The van der Waals surface area contributed by atoms with Gasteiger partial charge in [-0.3, -0.25) is 9.59 Å². The zero-order valence-corrected chi connectivity index (χ0v) is 8.94. The van der Waals surface area contributed by atoms with Crippen molar-refractivity contribution < 1.29 is 18.7 Å². The van der Waals surface area contributed by atoms with E-state index in [0.717, 1.165) is 6.39 Å². The lowest BCUT2D eigenvalue weighted by molar-refractivity contribution is -0.153. The van der Waals surface area contributed by atoms with Crippen LogP contribution in [-0.2, 0) is 9.53 Å². The molecule has 0 saturated carbocycles. The van der Waals surface area contributed by atoms with Gasteiger partial charge in [0.05, 0.1) is 6.20 Å². The summed E-state index contributed by atoms with van der Waals surface area (Å²) in [6.45, 7) is 5.22. The van der Waals surface area contributed by atoms with Crippen LogP contribution < -0.4 is 0 Å². The molecule has 82 valence electrons. The van der Waals surface area contributed by atoms with Crippen molar-refractivity contribution in [1.82, 2.24) is 4.98 Å². The molecule has 1 aromatic heterocycles. The molecule has 5 nitrogen and oxygen atoms in total. The summed E-state index contributed by atoms with van der Waals surface area (Å²) in [5.74, 6) is -0.925. The van der Waals surface area contributed by atoms with Crippen LogP contribution in [0.1, 0.15) is 37.7 Å². The van der Waals surface area contributed by atoms with E-state index in [9.17, 15) is 9.59 Å². The Morgan fingerprint density at radius 3 is 2.60 bits per heavy atom. The molecule has 0 aromatic carbocycles. The summed E-state index contributed by atoms with van der Waals surface area (Å²) in [4.78, 5) is 26.2. The molecule has 0 N–H and O–H groups in total. The maximum absolute atomic E-state index is 11.4. The molecular weight excluding hydrogens is 198 g/mol. The molecule has 1 heterocycles. The summed E-state index contributed by atoms with van der Waals surface area (Å²) in [5.41, 5.74) is -0.585. The number of carbonyl (C=O) groups is 2. The Kier molecular flexibility index (Phi) is 3.24. The highest BCUT2D eigenvalue weighted by atomic mass is 16.6. The van der Waals surface area contributed by atoms with Crippen molar-refractivity contribution in [2.24, 2.45) is 0 Å². The van der Waals surface area contributed by atoms with Crippen LogP contribution in [0.25, 0.3) is 0 Å². The second-order valence-electron chi connectivity index (χ2n) is 4.05. The normalized spacial score (nSPS) is 11.1. The molecule has 0 saturated heterocycles. The number of ketones is 1. The fourth-order valence-electron chi connectivity index (χ4n) is 0.949. The first kappa shape index (κ1) is 11.4. The number of aromatic nitrogens is 1. The Bertz CT molecular complexity index is 348. The average molecular weight is 211 g/mol. The quantitative estimate of drug-likeness (QED) is 0.431. The van der Waals surface area contributed by atoms with Crippen molar-refractivity contribution in [3.05, 3.63) is 18.4 Å². The molecule has 0 spiro atoms. The lowest BCUT2D eigenvalue weighted by atomic mass is 10.2. The molecule has 1 aromatic rings. The maximum atomic E-state index is 11.4. The van der Waals surface area contributed by atoms with Gasteiger partial charge >= 0.3 is 5.97 Å². The first-order chi connectivity index (χ1) is 6.88. The number of esters is 1. The van der Waals surface area contributed by atoms with Gasteiger partial charge < -0.3 is 9.15 Å². The first-order valence-electron chi connectivity index (χ1n) is 4.52. The SMILES string of the molecule is CC(C)(C)OC(=O)CC(=O)c1cnco1. The lowest BCUT2D eigenvalue weighted by Gasteiger charge is -2.18. The van der Waals surface area contributed by atoms with Crippen molar-refractivity contribution in [1.29, 1.82) is 0 Å². The van der Waals surface area contributed by atoms with E-state index in [2.05, 4.69) is 4.98 Å². The predicted octanol–water partition coefficient (Wildman–Crippen LogP) is 1.59. The van der Waals surface area contributed by atoms with Crippen LogP contribution in [0.2, 0.25) is 0 Å². The van der Waals surface area contributed by atoms with Crippen molar-refractivity contribution in [2.75, 3.05) is 0 Å². The molecule has 0 aliphatic rings. The van der Waals surface area contributed by atoms with E-state index in [-0.39, 0.29) is 12.2 Å². The van der Waals surface area contributed by atoms with Crippen LogP contribution in [0.4, 0.5) is 0 Å². The van der Waals surface area contributed by atoms with E-state index < -0.39 is 17.4 Å². The summed E-state index contributed by atoms with van der Waals surface area (Å²) in [5, 5.41) is 0. The van der Waals surface area contributed by atoms with Gasteiger partial charge in [0, 0.05) is 0 Å². The number of oxazole rings is 1. The van der Waals surface area contributed by atoms with E-state index in [4.69, 9.17) is 9.15 Å². The highest BCUT2D eigenvalue weighted by Gasteiger charge is 2.20. The molecule has 5 heteroatoms. The number of carbonyl (C=O) groups excluding carboxylic acids is 2. The predicted molar refractivity (Wildman–Crippen MR) is 51.3 cm³/mol. The molecule has 0 fully saturated rings. The van der Waals surface area contributed by atoms with Crippen molar-refractivity contribution in [2.45, 2.75) is 32.8 Å². The molecular formula is C10H13NO4. The fraction of sp³-hybridized carbons (Fsp3) is 0.500. The number of ether oxygens (including phenoxy) is 1. The monoisotopic (exact) mass is 211 g/mol. The van der Waals surface area contributed by atoms with Crippen LogP contribution in [0.15, 0.2) is 17.0 Å². The molecule has 0 aliphatic carbocycles. The second kappa shape index (κ2) is 4.25. The van der Waals surface area contributed by atoms with E-state index in [1.165, 1.54) is 6.20 Å². The van der Waals surface area contributed by atoms with E-state index in [0.29, 0.717) is 0 Å². The zero-order valence-electron chi connectivity index (χ0n) is 8.94. The van der Waals surface area contributed by atoms with Gasteiger partial charge in [0.15, 0.2) is 12.2 Å². The van der Waals surface area contributed by atoms with Gasteiger partial charge in [0.25, 0.3) is 0 Å². The van der Waals surface area contributed by atoms with Gasteiger partial charge in [0.1, 0.15) is 12.0 Å². The highest BCUT2D eigenvalue weighted by molar-refractivity contribution is 6.04. The number of hydrogen-bond acceptors (Lipinski definition) is 5. The number of hydrogen-bond donors (Lipinski definition) is 0. The highest BCUT2D eigenvalue weighted by Crippen LogP contribution is 2.10. The van der Waals surface area contributed by atoms with Crippen LogP contribution in [0.3, 0.4) is 0 Å². The molecule has 0 unspecified atom stereocenters. The summed E-state index contributed by atoms with van der Waals surface area (Å²) in [7, 11) is 0. The van der Waals surface area contributed by atoms with Gasteiger partial charge in [-0.25, -0.2) is 4.98 Å². The Morgan fingerprint density at radius 1 is 1.47 bits per heavy atom. The lowest BCUT2D eigenvalue weighted by Crippen LogP contribution is -2.25. The molecule has 1 rings (SSSR count). The third-order valence-electron chi connectivity index (χ3n) is 1.43. The first-order valence-corrected chi connectivity index (χ1v) is 4.52. The number of rotatable bonds is 3. The topological polar surface area (TPSA) is 69.4 Å². The van der Waals surface area contributed by atoms with Gasteiger partial charge in [-0.05, 0) is 20.8 Å². The van der Waals surface area contributed by atoms with Crippen LogP contribution in [0.5, 0.6) is 0 Å². The minimum atomic E-state index is -0.585. The Morgan fingerprint density at radius 2 is 2.13 bits per heavy atom. The molecule has 15 heavy (non-hydrogen) atoms. The van der Waals surface area contributed by atoms with E-state index in [1.807, 2.05) is 0 Å². The Hall–Kier alpha value is -1.65.